The molecular formula is C14H21FO. The zero-order valence-corrected chi connectivity index (χ0v) is 10.5. The highest BCUT2D eigenvalue weighted by molar-refractivity contribution is 5.51. The minimum absolute atomic E-state index is 0.177. The number of hydrogen-bond donors (Lipinski definition) is 0. The molecule has 3 unspecified atom stereocenters. The Balaban J connectivity index is 2.51. The van der Waals surface area contributed by atoms with Crippen molar-refractivity contribution in [2.45, 2.75) is 52.1 Å². The molecular weight excluding hydrogens is 203 g/mol. The van der Waals surface area contributed by atoms with Crippen LogP contribution in [0.5, 0.6) is 0 Å². The van der Waals surface area contributed by atoms with E-state index < -0.39 is 5.67 Å². The quantitative estimate of drug-likeness (QED) is 0.494. The summed E-state index contributed by atoms with van der Waals surface area (Å²) in [6.07, 6.45) is 3.14. The van der Waals surface area contributed by atoms with E-state index in [0.29, 0.717) is 12.3 Å². The van der Waals surface area contributed by atoms with E-state index in [1.807, 2.05) is 12.9 Å². The third-order valence-electron chi connectivity index (χ3n) is 3.36. The SMILES string of the molecule is C=C(C)CC(CC(C)=C=O)CC1CC1(C)F. The second-order valence-electron chi connectivity index (χ2n) is 5.53. The molecule has 0 aromatic heterocycles. The van der Waals surface area contributed by atoms with Crippen LogP contribution in [0.3, 0.4) is 0 Å². The number of rotatable bonds is 6. The minimum Gasteiger partial charge on any atom is -0.244 e. The summed E-state index contributed by atoms with van der Waals surface area (Å²) in [5.41, 5.74) is 0.865. The molecule has 0 saturated heterocycles. The number of alkyl halides is 1. The molecule has 2 heteroatoms. The number of carbonyl (C=O) groups excluding carboxylic acids is 1. The number of allylic oxidation sites excluding steroid dienone is 2. The van der Waals surface area contributed by atoms with Gasteiger partial charge in [0.15, 0.2) is 0 Å². The van der Waals surface area contributed by atoms with Gasteiger partial charge in [-0.05, 0) is 58.3 Å². The summed E-state index contributed by atoms with van der Waals surface area (Å²) in [6.45, 7) is 9.33. The van der Waals surface area contributed by atoms with Crippen LogP contribution in [0.15, 0.2) is 17.7 Å². The molecule has 0 aromatic carbocycles. The highest BCUT2D eigenvalue weighted by Crippen LogP contribution is 2.51. The van der Waals surface area contributed by atoms with Crippen molar-refractivity contribution in [1.29, 1.82) is 0 Å². The largest absolute Gasteiger partial charge is 0.244 e. The zero-order valence-electron chi connectivity index (χ0n) is 10.5. The van der Waals surface area contributed by atoms with Gasteiger partial charge in [0, 0.05) is 5.57 Å². The van der Waals surface area contributed by atoms with Gasteiger partial charge in [-0.15, -0.1) is 6.58 Å². The summed E-state index contributed by atoms with van der Waals surface area (Å²) in [4.78, 5) is 10.5. The van der Waals surface area contributed by atoms with Crippen molar-refractivity contribution in [3.05, 3.63) is 17.7 Å². The van der Waals surface area contributed by atoms with Gasteiger partial charge in [0.05, 0.1) is 0 Å². The molecule has 90 valence electrons. The van der Waals surface area contributed by atoms with Crippen molar-refractivity contribution in [2.24, 2.45) is 11.8 Å². The average Bonchev–Trinajstić information content (AvgIpc) is 2.72. The fraction of sp³-hybridized carbons (Fsp3) is 0.714. The van der Waals surface area contributed by atoms with Crippen LogP contribution in [0.1, 0.15) is 46.5 Å². The maximum absolute atomic E-state index is 13.5. The van der Waals surface area contributed by atoms with Gasteiger partial charge in [-0.1, -0.05) is 5.57 Å². The Morgan fingerprint density at radius 2 is 2.12 bits per heavy atom. The van der Waals surface area contributed by atoms with Gasteiger partial charge in [0.25, 0.3) is 0 Å². The Kier molecular flexibility index (Phi) is 4.09. The summed E-state index contributed by atoms with van der Waals surface area (Å²) in [5.74, 6) is 2.45. The standard InChI is InChI=1S/C14H21FO/c1-10(2)5-12(6-11(3)9-16)7-13-8-14(13,4)15/h12-13H,1,5-8H2,2-4H3. The van der Waals surface area contributed by atoms with E-state index in [4.69, 9.17) is 0 Å². The fourth-order valence-corrected chi connectivity index (χ4v) is 2.36. The lowest BCUT2D eigenvalue weighted by molar-refractivity contribution is 0.286. The Hall–Kier alpha value is -0.880. The molecule has 1 nitrogen and oxygen atoms in total. The van der Waals surface area contributed by atoms with Crippen LogP contribution < -0.4 is 0 Å². The summed E-state index contributed by atoms with van der Waals surface area (Å²) in [5, 5.41) is 0. The maximum atomic E-state index is 13.5. The smallest absolute Gasteiger partial charge is 0.123 e. The third-order valence-corrected chi connectivity index (χ3v) is 3.36. The van der Waals surface area contributed by atoms with Gasteiger partial charge in [0.2, 0.25) is 0 Å². The molecule has 3 atom stereocenters. The molecule has 0 N–H and O–H groups in total. The Bertz CT molecular complexity index is 324. The summed E-state index contributed by atoms with van der Waals surface area (Å²) >= 11 is 0. The molecule has 1 aliphatic rings. The highest BCUT2D eigenvalue weighted by atomic mass is 19.1. The van der Waals surface area contributed by atoms with Crippen LogP contribution in [0.2, 0.25) is 0 Å². The Morgan fingerprint density at radius 1 is 1.56 bits per heavy atom. The van der Waals surface area contributed by atoms with Gasteiger partial charge in [-0.2, -0.15) is 0 Å². The van der Waals surface area contributed by atoms with Crippen LogP contribution in [0.25, 0.3) is 0 Å². The van der Waals surface area contributed by atoms with Crippen molar-refractivity contribution >= 4 is 5.94 Å². The minimum atomic E-state index is -0.966. The first-order chi connectivity index (χ1) is 7.35. The van der Waals surface area contributed by atoms with Crippen molar-refractivity contribution in [3.8, 4) is 0 Å². The van der Waals surface area contributed by atoms with E-state index in [9.17, 15) is 9.18 Å². The first kappa shape index (κ1) is 13.2. The molecule has 0 amide bonds. The fourth-order valence-electron chi connectivity index (χ4n) is 2.36. The summed E-state index contributed by atoms with van der Waals surface area (Å²) < 4.78 is 13.5. The number of hydrogen-bond acceptors (Lipinski definition) is 1. The van der Waals surface area contributed by atoms with Crippen molar-refractivity contribution < 1.29 is 9.18 Å². The first-order valence-corrected chi connectivity index (χ1v) is 5.89. The molecule has 0 aliphatic heterocycles. The van der Waals surface area contributed by atoms with Gasteiger partial charge in [0.1, 0.15) is 11.6 Å². The van der Waals surface area contributed by atoms with Crippen LogP contribution in [0.4, 0.5) is 4.39 Å². The average molecular weight is 224 g/mol. The second kappa shape index (κ2) is 4.97. The van der Waals surface area contributed by atoms with E-state index in [1.54, 1.807) is 13.8 Å². The maximum Gasteiger partial charge on any atom is 0.123 e. The van der Waals surface area contributed by atoms with Crippen LogP contribution in [-0.2, 0) is 4.79 Å². The first-order valence-electron chi connectivity index (χ1n) is 5.89. The normalized spacial score (nSPS) is 29.4. The lowest BCUT2D eigenvalue weighted by Crippen LogP contribution is -2.07. The third kappa shape index (κ3) is 3.94. The van der Waals surface area contributed by atoms with Crippen LogP contribution >= 0.6 is 0 Å². The zero-order chi connectivity index (χ0) is 12.3. The topological polar surface area (TPSA) is 17.1 Å². The van der Waals surface area contributed by atoms with Gasteiger partial charge in [-0.25, -0.2) is 9.18 Å². The molecule has 1 rings (SSSR count). The molecule has 0 spiro atoms. The Morgan fingerprint density at radius 3 is 2.50 bits per heavy atom. The van der Waals surface area contributed by atoms with Gasteiger partial charge in [-0.3, -0.25) is 0 Å². The van der Waals surface area contributed by atoms with Crippen LogP contribution in [0, 0.1) is 11.8 Å². The van der Waals surface area contributed by atoms with Crippen molar-refractivity contribution in [1.82, 2.24) is 0 Å². The lowest BCUT2D eigenvalue weighted by Gasteiger charge is -2.16. The highest BCUT2D eigenvalue weighted by Gasteiger charge is 2.51. The van der Waals surface area contributed by atoms with Gasteiger partial charge < -0.3 is 0 Å². The molecule has 0 heterocycles. The molecule has 1 fully saturated rings. The molecule has 0 bridgehead atoms. The molecule has 16 heavy (non-hydrogen) atoms. The van der Waals surface area contributed by atoms with E-state index >= 15 is 0 Å². The monoisotopic (exact) mass is 224 g/mol. The van der Waals surface area contributed by atoms with Crippen molar-refractivity contribution in [2.75, 3.05) is 0 Å². The van der Waals surface area contributed by atoms with Crippen molar-refractivity contribution in [3.63, 3.8) is 0 Å². The summed E-state index contributed by atoms with van der Waals surface area (Å²) in [7, 11) is 0. The van der Waals surface area contributed by atoms with Gasteiger partial charge >= 0.3 is 0 Å². The van der Waals surface area contributed by atoms with E-state index in [0.717, 1.165) is 30.4 Å². The molecule has 1 saturated carbocycles. The van der Waals surface area contributed by atoms with E-state index in [-0.39, 0.29) is 5.92 Å². The molecule has 1 aliphatic carbocycles. The predicted molar refractivity (Wildman–Crippen MR) is 64.7 cm³/mol. The summed E-state index contributed by atoms with van der Waals surface area (Å²) in [6, 6.07) is 0. The molecule has 0 radical (unpaired) electrons. The predicted octanol–water partition coefficient (Wildman–Crippen LogP) is 3.88. The Labute approximate surface area is 97.4 Å². The molecule has 0 aromatic rings. The van der Waals surface area contributed by atoms with E-state index in [2.05, 4.69) is 6.58 Å². The lowest BCUT2D eigenvalue weighted by atomic mass is 9.89. The second-order valence-corrected chi connectivity index (χ2v) is 5.53. The van der Waals surface area contributed by atoms with E-state index in [1.165, 1.54) is 0 Å². The van der Waals surface area contributed by atoms with Crippen LogP contribution in [-0.4, -0.2) is 11.6 Å². The number of halogens is 1.